The van der Waals surface area contributed by atoms with Gasteiger partial charge in [0, 0.05) is 12.8 Å². The molecule has 1 saturated carbocycles. The van der Waals surface area contributed by atoms with Crippen molar-refractivity contribution in [2.24, 2.45) is 0 Å². The Bertz CT molecular complexity index is 160. The molecule has 2 fully saturated rings. The molecule has 56 valence electrons. The third-order valence-corrected chi connectivity index (χ3v) is 2.12. The molecule has 1 saturated heterocycles. The summed E-state index contributed by atoms with van der Waals surface area (Å²) in [5, 5.41) is 0. The van der Waals surface area contributed by atoms with E-state index in [9.17, 15) is 4.79 Å². The van der Waals surface area contributed by atoms with E-state index < -0.39 is 5.79 Å². The van der Waals surface area contributed by atoms with Crippen molar-refractivity contribution in [3.8, 4) is 0 Å². The fourth-order valence-corrected chi connectivity index (χ4v) is 1.50. The van der Waals surface area contributed by atoms with E-state index >= 15 is 0 Å². The smallest absolute Gasteiger partial charge is 0.180 e. The number of rotatable bonds is 0. The van der Waals surface area contributed by atoms with Crippen LogP contribution >= 0.6 is 0 Å². The number of ketones is 1. The normalized spacial score (nSPS) is 30.2. The van der Waals surface area contributed by atoms with Gasteiger partial charge in [-0.25, -0.2) is 0 Å². The largest absolute Gasteiger partial charge is 0.323 e. The molecule has 0 N–H and O–H groups in total. The molecule has 0 unspecified atom stereocenters. The minimum Gasteiger partial charge on any atom is -0.323 e. The molecule has 0 amide bonds. The van der Waals surface area contributed by atoms with Crippen LogP contribution in [0.4, 0.5) is 0 Å². The highest BCUT2D eigenvalue weighted by atomic mass is 16.9. The van der Waals surface area contributed by atoms with Gasteiger partial charge in [-0.1, -0.05) is 0 Å². The van der Waals surface area contributed by atoms with Gasteiger partial charge in [-0.05, 0) is 6.42 Å². The topological polar surface area (TPSA) is 35.5 Å². The average molecular weight is 142 g/mol. The molecule has 0 aromatic carbocycles. The molecule has 3 nitrogen and oxygen atoms in total. The third kappa shape index (κ3) is 0.859. The highest BCUT2D eigenvalue weighted by Crippen LogP contribution is 2.36. The predicted molar refractivity (Wildman–Crippen MR) is 33.2 cm³/mol. The summed E-state index contributed by atoms with van der Waals surface area (Å²) in [5.41, 5.74) is 0. The van der Waals surface area contributed by atoms with Crippen LogP contribution in [0.5, 0.6) is 0 Å². The van der Waals surface area contributed by atoms with Gasteiger partial charge in [0.15, 0.2) is 12.6 Å². The fourth-order valence-electron chi connectivity index (χ4n) is 1.50. The lowest BCUT2D eigenvalue weighted by molar-refractivity contribution is -0.400. The summed E-state index contributed by atoms with van der Waals surface area (Å²) >= 11 is 0. The molecular formula is C7H10O3. The van der Waals surface area contributed by atoms with E-state index in [1.807, 2.05) is 0 Å². The first-order valence-corrected chi connectivity index (χ1v) is 3.60. The van der Waals surface area contributed by atoms with Crippen LogP contribution in [0.25, 0.3) is 0 Å². The van der Waals surface area contributed by atoms with E-state index in [1.165, 1.54) is 0 Å². The van der Waals surface area contributed by atoms with Gasteiger partial charge in [0.1, 0.15) is 5.78 Å². The van der Waals surface area contributed by atoms with Crippen LogP contribution in [-0.4, -0.2) is 18.4 Å². The van der Waals surface area contributed by atoms with E-state index in [4.69, 9.17) is 9.47 Å². The van der Waals surface area contributed by atoms with Gasteiger partial charge >= 0.3 is 0 Å². The maximum Gasteiger partial charge on any atom is 0.180 e. The lowest BCUT2D eigenvalue weighted by Gasteiger charge is -2.43. The first kappa shape index (κ1) is 6.31. The quantitative estimate of drug-likeness (QED) is 0.502. The van der Waals surface area contributed by atoms with Crippen molar-refractivity contribution in [1.82, 2.24) is 0 Å². The minimum atomic E-state index is -0.477. The first-order chi connectivity index (χ1) is 4.81. The number of Topliss-reactive ketones (excluding diaryl/α,β-unsaturated/α-hetero) is 1. The summed E-state index contributed by atoms with van der Waals surface area (Å²) in [6.07, 6.45) is 2.97. The monoisotopic (exact) mass is 142 g/mol. The minimum absolute atomic E-state index is 0.269. The summed E-state index contributed by atoms with van der Waals surface area (Å²) < 4.78 is 10.4. The van der Waals surface area contributed by atoms with Crippen molar-refractivity contribution in [2.45, 2.75) is 31.5 Å². The molecule has 0 radical (unpaired) electrons. The Kier molecular flexibility index (Phi) is 1.28. The lowest BCUT2D eigenvalue weighted by atomic mass is 9.92. The lowest BCUT2D eigenvalue weighted by Crippen LogP contribution is -2.50. The number of carbonyl (C=O) groups excluding carboxylic acids is 1. The molecule has 0 atom stereocenters. The summed E-state index contributed by atoms with van der Waals surface area (Å²) in [6.45, 7) is 0.368. The zero-order valence-corrected chi connectivity index (χ0v) is 5.76. The Hall–Kier alpha value is -0.410. The van der Waals surface area contributed by atoms with E-state index in [0.717, 1.165) is 12.8 Å². The maximum absolute atomic E-state index is 10.9. The van der Waals surface area contributed by atoms with Crippen LogP contribution in [0.3, 0.4) is 0 Å². The molecule has 10 heavy (non-hydrogen) atoms. The van der Waals surface area contributed by atoms with Gasteiger partial charge in [0.05, 0.1) is 6.42 Å². The molecule has 2 rings (SSSR count). The summed E-state index contributed by atoms with van der Waals surface area (Å²) in [5.74, 6) is -0.207. The Balaban J connectivity index is 2.02. The van der Waals surface area contributed by atoms with Crippen molar-refractivity contribution in [2.75, 3.05) is 6.79 Å². The Labute approximate surface area is 59.3 Å². The van der Waals surface area contributed by atoms with Crippen LogP contribution in [-0.2, 0) is 14.3 Å². The molecule has 1 aliphatic carbocycles. The zero-order valence-electron chi connectivity index (χ0n) is 5.76. The molecule has 1 heterocycles. The fraction of sp³-hybridized carbons (Fsp3) is 0.857. The second-order valence-corrected chi connectivity index (χ2v) is 2.89. The van der Waals surface area contributed by atoms with Gasteiger partial charge < -0.3 is 9.47 Å². The number of ether oxygens (including phenoxy) is 2. The van der Waals surface area contributed by atoms with Crippen molar-refractivity contribution >= 4 is 5.78 Å². The Morgan fingerprint density at radius 3 is 2.60 bits per heavy atom. The van der Waals surface area contributed by atoms with Crippen LogP contribution in [0.2, 0.25) is 0 Å². The second-order valence-electron chi connectivity index (χ2n) is 2.89. The van der Waals surface area contributed by atoms with Crippen molar-refractivity contribution in [3.05, 3.63) is 0 Å². The van der Waals surface area contributed by atoms with Crippen molar-refractivity contribution in [3.63, 3.8) is 0 Å². The first-order valence-electron chi connectivity index (χ1n) is 3.60. The number of carbonyl (C=O) groups is 1. The van der Waals surface area contributed by atoms with Gasteiger partial charge in [0.2, 0.25) is 0 Å². The van der Waals surface area contributed by atoms with Crippen LogP contribution in [0.1, 0.15) is 25.7 Å². The highest BCUT2D eigenvalue weighted by molar-refractivity contribution is 5.80. The summed E-state index contributed by atoms with van der Waals surface area (Å²) in [6, 6.07) is 0. The highest BCUT2D eigenvalue weighted by Gasteiger charge is 2.43. The van der Waals surface area contributed by atoms with E-state index in [-0.39, 0.29) is 5.78 Å². The van der Waals surface area contributed by atoms with Gasteiger partial charge in [-0.2, -0.15) is 0 Å². The molecule has 3 heteroatoms. The third-order valence-electron chi connectivity index (χ3n) is 2.12. The summed E-state index contributed by atoms with van der Waals surface area (Å²) in [7, 11) is 0. The predicted octanol–water partition coefficient (Wildman–Crippen LogP) is 0.830. The molecule has 0 aromatic rings. The van der Waals surface area contributed by atoms with Crippen molar-refractivity contribution in [1.29, 1.82) is 0 Å². The molecule has 0 aromatic heterocycles. The SMILES string of the molecule is O=C1CCCC2(C1)OCO2. The van der Waals surface area contributed by atoms with E-state index in [1.54, 1.807) is 0 Å². The average Bonchev–Trinajstić information content (AvgIpc) is 1.85. The molecule has 1 aliphatic heterocycles. The van der Waals surface area contributed by atoms with Gasteiger partial charge in [-0.3, -0.25) is 4.79 Å². The van der Waals surface area contributed by atoms with Crippen LogP contribution < -0.4 is 0 Å². The van der Waals surface area contributed by atoms with Crippen LogP contribution in [0.15, 0.2) is 0 Å². The molecule has 1 spiro atoms. The standard InChI is InChI=1S/C7H10O3/c8-6-2-1-3-7(4-6)9-5-10-7/h1-5H2. The molecule has 2 aliphatic rings. The molecule has 0 bridgehead atoms. The van der Waals surface area contributed by atoms with Crippen molar-refractivity contribution < 1.29 is 14.3 Å². The number of hydrogen-bond donors (Lipinski definition) is 0. The summed E-state index contributed by atoms with van der Waals surface area (Å²) in [4.78, 5) is 10.9. The number of hydrogen-bond acceptors (Lipinski definition) is 3. The second kappa shape index (κ2) is 2.04. The molecular weight excluding hydrogens is 132 g/mol. The van der Waals surface area contributed by atoms with Crippen LogP contribution in [0, 0.1) is 0 Å². The van der Waals surface area contributed by atoms with E-state index in [2.05, 4.69) is 0 Å². The van der Waals surface area contributed by atoms with Gasteiger partial charge in [0.25, 0.3) is 0 Å². The Morgan fingerprint density at radius 1 is 1.40 bits per heavy atom. The van der Waals surface area contributed by atoms with E-state index in [0.29, 0.717) is 19.6 Å². The van der Waals surface area contributed by atoms with Gasteiger partial charge in [-0.15, -0.1) is 0 Å². The zero-order chi connectivity index (χ0) is 7.03. The maximum atomic E-state index is 10.9. The Morgan fingerprint density at radius 2 is 2.20 bits per heavy atom.